The average molecular weight is 260 g/mol. The highest BCUT2D eigenvalue weighted by atomic mass is 32.1. The molecule has 1 aliphatic heterocycles. The number of hydrogen-bond donors (Lipinski definition) is 0. The van der Waals surface area contributed by atoms with Gasteiger partial charge < -0.3 is 0 Å². The van der Waals surface area contributed by atoms with E-state index in [0.717, 1.165) is 24.6 Å². The van der Waals surface area contributed by atoms with Gasteiger partial charge in [0, 0.05) is 17.8 Å². The van der Waals surface area contributed by atoms with Gasteiger partial charge in [0.1, 0.15) is 10.8 Å². The molecule has 0 radical (unpaired) electrons. The summed E-state index contributed by atoms with van der Waals surface area (Å²) in [6.07, 6.45) is 6.15. The van der Waals surface area contributed by atoms with Gasteiger partial charge in [-0.1, -0.05) is 0 Å². The molecule has 0 bridgehead atoms. The zero-order chi connectivity index (χ0) is 12.4. The third-order valence-corrected chi connectivity index (χ3v) is 4.09. The zero-order valence-electron chi connectivity index (χ0n) is 10.4. The Hall–Kier alpha value is -1.33. The van der Waals surface area contributed by atoms with Gasteiger partial charge in [0.05, 0.1) is 18.3 Å². The van der Waals surface area contributed by atoms with E-state index in [0.29, 0.717) is 6.04 Å². The molecule has 1 atom stereocenters. The lowest BCUT2D eigenvalue weighted by Crippen LogP contribution is -2.23. The quantitative estimate of drug-likeness (QED) is 0.850. The van der Waals surface area contributed by atoms with Crippen molar-refractivity contribution in [1.29, 1.82) is 0 Å². The van der Waals surface area contributed by atoms with Crippen LogP contribution in [-0.2, 0) is 6.54 Å². The van der Waals surface area contributed by atoms with Gasteiger partial charge in [0.2, 0.25) is 0 Å². The van der Waals surface area contributed by atoms with E-state index in [2.05, 4.69) is 19.9 Å². The van der Waals surface area contributed by atoms with Crippen molar-refractivity contribution in [2.75, 3.05) is 6.54 Å². The molecule has 0 unspecified atom stereocenters. The van der Waals surface area contributed by atoms with Crippen LogP contribution in [0.25, 0.3) is 0 Å². The van der Waals surface area contributed by atoms with Crippen LogP contribution in [0.2, 0.25) is 0 Å². The van der Waals surface area contributed by atoms with E-state index in [1.807, 2.05) is 30.8 Å². The van der Waals surface area contributed by atoms with Crippen LogP contribution in [0.3, 0.4) is 0 Å². The van der Waals surface area contributed by atoms with Gasteiger partial charge in [0.15, 0.2) is 0 Å². The SMILES string of the molecule is Cc1nccc([C@H]2CCCN2Cc2nccs2)n1. The number of nitrogens with zero attached hydrogens (tertiary/aromatic N) is 4. The number of hydrogen-bond acceptors (Lipinski definition) is 5. The lowest BCUT2D eigenvalue weighted by Gasteiger charge is -2.22. The third-order valence-electron chi connectivity index (χ3n) is 3.32. The topological polar surface area (TPSA) is 41.9 Å². The van der Waals surface area contributed by atoms with Crippen molar-refractivity contribution in [3.63, 3.8) is 0 Å². The first-order valence-corrected chi connectivity index (χ1v) is 7.13. The van der Waals surface area contributed by atoms with E-state index < -0.39 is 0 Å². The van der Waals surface area contributed by atoms with E-state index >= 15 is 0 Å². The van der Waals surface area contributed by atoms with Crippen molar-refractivity contribution in [2.45, 2.75) is 32.4 Å². The van der Waals surface area contributed by atoms with Crippen molar-refractivity contribution in [3.8, 4) is 0 Å². The summed E-state index contributed by atoms with van der Waals surface area (Å²) in [7, 11) is 0. The molecule has 3 heterocycles. The molecule has 5 heteroatoms. The Balaban J connectivity index is 1.79. The summed E-state index contributed by atoms with van der Waals surface area (Å²) >= 11 is 1.72. The van der Waals surface area contributed by atoms with Crippen LogP contribution in [0.5, 0.6) is 0 Å². The standard InChI is InChI=1S/C13H16N4S/c1-10-14-5-4-11(16-10)12-3-2-7-17(12)9-13-15-6-8-18-13/h4-6,8,12H,2-3,7,9H2,1H3/t12-/m1/s1. The van der Waals surface area contributed by atoms with E-state index in [9.17, 15) is 0 Å². The van der Waals surface area contributed by atoms with Gasteiger partial charge in [-0.2, -0.15) is 0 Å². The fourth-order valence-electron chi connectivity index (χ4n) is 2.52. The maximum absolute atomic E-state index is 4.56. The first-order valence-electron chi connectivity index (χ1n) is 6.25. The van der Waals surface area contributed by atoms with Crippen LogP contribution in [0.4, 0.5) is 0 Å². The Labute approximate surface area is 111 Å². The molecule has 94 valence electrons. The summed E-state index contributed by atoms with van der Waals surface area (Å²) in [6.45, 7) is 4.02. The van der Waals surface area contributed by atoms with Crippen LogP contribution < -0.4 is 0 Å². The molecule has 0 N–H and O–H groups in total. The monoisotopic (exact) mass is 260 g/mol. The number of thiazole rings is 1. The average Bonchev–Trinajstić information content (AvgIpc) is 3.01. The Kier molecular flexibility index (Phi) is 3.34. The van der Waals surface area contributed by atoms with Gasteiger partial charge in [0.25, 0.3) is 0 Å². The minimum absolute atomic E-state index is 0.426. The fourth-order valence-corrected chi connectivity index (χ4v) is 3.16. The largest absolute Gasteiger partial charge is 0.288 e. The summed E-state index contributed by atoms with van der Waals surface area (Å²) in [5, 5.41) is 3.22. The number of likely N-dealkylation sites (tertiary alicyclic amines) is 1. The van der Waals surface area contributed by atoms with Gasteiger partial charge in [-0.25, -0.2) is 15.0 Å². The number of rotatable bonds is 3. The molecule has 0 aliphatic carbocycles. The second kappa shape index (κ2) is 5.12. The molecule has 1 aliphatic rings. The van der Waals surface area contributed by atoms with Gasteiger partial charge in [-0.05, 0) is 32.4 Å². The number of aryl methyl sites for hydroxylation is 1. The summed E-state index contributed by atoms with van der Waals surface area (Å²) in [5.41, 5.74) is 1.15. The molecular formula is C13H16N4S. The molecule has 1 fully saturated rings. The highest BCUT2D eigenvalue weighted by Crippen LogP contribution is 2.32. The van der Waals surface area contributed by atoms with Crippen LogP contribution in [0.15, 0.2) is 23.8 Å². The van der Waals surface area contributed by atoms with Gasteiger partial charge in [-0.3, -0.25) is 4.90 Å². The summed E-state index contributed by atoms with van der Waals surface area (Å²) in [5.74, 6) is 0.855. The van der Waals surface area contributed by atoms with Crippen LogP contribution in [0.1, 0.15) is 35.4 Å². The Morgan fingerprint density at radius 2 is 2.33 bits per heavy atom. The van der Waals surface area contributed by atoms with Crippen molar-refractivity contribution in [3.05, 3.63) is 40.4 Å². The van der Waals surface area contributed by atoms with E-state index in [1.165, 1.54) is 17.8 Å². The van der Waals surface area contributed by atoms with Crippen molar-refractivity contribution in [1.82, 2.24) is 19.9 Å². The highest BCUT2D eigenvalue weighted by Gasteiger charge is 2.27. The molecule has 0 saturated carbocycles. The van der Waals surface area contributed by atoms with E-state index in [-0.39, 0.29) is 0 Å². The minimum atomic E-state index is 0.426. The van der Waals surface area contributed by atoms with Crippen molar-refractivity contribution >= 4 is 11.3 Å². The summed E-state index contributed by atoms with van der Waals surface area (Å²) in [6, 6.07) is 2.47. The fraction of sp³-hybridized carbons (Fsp3) is 0.462. The predicted octanol–water partition coefficient (Wildman–Crippen LogP) is 2.58. The second-order valence-corrected chi connectivity index (χ2v) is 5.56. The van der Waals surface area contributed by atoms with Crippen molar-refractivity contribution in [2.24, 2.45) is 0 Å². The predicted molar refractivity (Wildman–Crippen MR) is 71.3 cm³/mol. The lowest BCUT2D eigenvalue weighted by atomic mass is 10.1. The first-order chi connectivity index (χ1) is 8.83. The Morgan fingerprint density at radius 3 is 3.11 bits per heavy atom. The highest BCUT2D eigenvalue weighted by molar-refractivity contribution is 7.09. The van der Waals surface area contributed by atoms with Crippen LogP contribution >= 0.6 is 11.3 Å². The van der Waals surface area contributed by atoms with Crippen molar-refractivity contribution < 1.29 is 0 Å². The minimum Gasteiger partial charge on any atom is -0.288 e. The molecule has 4 nitrogen and oxygen atoms in total. The smallest absolute Gasteiger partial charge is 0.125 e. The molecule has 0 spiro atoms. The normalized spacial score (nSPS) is 20.4. The van der Waals surface area contributed by atoms with Gasteiger partial charge >= 0.3 is 0 Å². The molecule has 3 rings (SSSR count). The van der Waals surface area contributed by atoms with Crippen LogP contribution in [0, 0.1) is 6.92 Å². The molecule has 2 aromatic rings. The Morgan fingerprint density at radius 1 is 1.39 bits per heavy atom. The third kappa shape index (κ3) is 2.42. The molecule has 18 heavy (non-hydrogen) atoms. The summed E-state index contributed by atoms with van der Waals surface area (Å²) in [4.78, 5) is 15.6. The molecule has 0 amide bonds. The molecular weight excluding hydrogens is 244 g/mol. The summed E-state index contributed by atoms with van der Waals surface area (Å²) < 4.78 is 0. The molecule has 0 aromatic carbocycles. The molecule has 1 saturated heterocycles. The number of aromatic nitrogens is 3. The second-order valence-electron chi connectivity index (χ2n) is 4.58. The van der Waals surface area contributed by atoms with Gasteiger partial charge in [-0.15, -0.1) is 11.3 Å². The maximum atomic E-state index is 4.56. The maximum Gasteiger partial charge on any atom is 0.125 e. The Bertz CT molecular complexity index is 511. The zero-order valence-corrected chi connectivity index (χ0v) is 11.2. The van der Waals surface area contributed by atoms with E-state index in [4.69, 9.17) is 0 Å². The molecule has 2 aromatic heterocycles. The first kappa shape index (κ1) is 11.7. The van der Waals surface area contributed by atoms with Crippen LogP contribution in [-0.4, -0.2) is 26.4 Å². The van der Waals surface area contributed by atoms with E-state index in [1.54, 1.807) is 11.3 Å². The lowest BCUT2D eigenvalue weighted by molar-refractivity contribution is 0.243.